The van der Waals surface area contributed by atoms with E-state index < -0.39 is 0 Å². The summed E-state index contributed by atoms with van der Waals surface area (Å²) in [5.41, 5.74) is 0. The molecule has 1 saturated heterocycles. The number of halogens is 1. The fraction of sp³-hybridized carbons (Fsp3) is 0.875. The molecule has 13 heavy (non-hydrogen) atoms. The molecule has 2 aliphatic rings. The molecule has 3 nitrogen and oxygen atoms in total. The van der Waals surface area contributed by atoms with Gasteiger partial charge in [-0.25, -0.2) is 10.7 Å². The molecule has 3 atom stereocenters. The van der Waals surface area contributed by atoms with Gasteiger partial charge in [-0.05, 0) is 18.8 Å². The van der Waals surface area contributed by atoms with Gasteiger partial charge in [-0.15, -0.1) is 0 Å². The Labute approximate surface area is 89.1 Å². The molecule has 1 aliphatic carbocycles. The van der Waals surface area contributed by atoms with Crippen LogP contribution in [0.5, 0.6) is 0 Å². The monoisotopic (exact) mass is 180 g/mol. The standard InChI is InChI=1S/C8H11FNO.Li.H2O/c9-3-4-10-7(5-11)8(10)6-1-2-6;;/h6-8H,1-4H2;;1H2/q-1;+1;/p-1/t7-,8+,10?;;/m0../s1. The summed E-state index contributed by atoms with van der Waals surface area (Å²) < 4.78 is 11.9. The molecule has 2 rings (SSSR count). The van der Waals surface area contributed by atoms with Gasteiger partial charge in [0.15, 0.2) is 0 Å². The summed E-state index contributed by atoms with van der Waals surface area (Å²) in [4.78, 5) is 12.2. The van der Waals surface area contributed by atoms with Crippen LogP contribution in [-0.2, 0) is 4.79 Å². The number of hydrogen-bond acceptors (Lipinski definition) is 3. The molecule has 0 spiro atoms. The van der Waals surface area contributed by atoms with Gasteiger partial charge in [0.05, 0.1) is 0 Å². The zero-order chi connectivity index (χ0) is 7.84. The minimum atomic E-state index is -0.346. The van der Waals surface area contributed by atoms with Crippen LogP contribution in [0.1, 0.15) is 12.8 Å². The van der Waals surface area contributed by atoms with Crippen LogP contribution in [0.3, 0.4) is 0 Å². The number of nitrogens with zero attached hydrogens (tertiary/aromatic N) is 1. The number of carbonyl (C=O) groups excluding carboxylic acids is 1. The molecule has 0 radical (unpaired) electrons. The van der Waals surface area contributed by atoms with Crippen LogP contribution in [0.2, 0.25) is 0 Å². The van der Waals surface area contributed by atoms with Crippen molar-refractivity contribution in [3.8, 4) is 0 Å². The van der Waals surface area contributed by atoms with E-state index in [9.17, 15) is 9.18 Å². The predicted molar refractivity (Wildman–Crippen MR) is 40.6 cm³/mol. The Bertz CT molecular complexity index is 178. The molecule has 1 saturated carbocycles. The smallest absolute Gasteiger partial charge is 0.870 e. The van der Waals surface area contributed by atoms with Gasteiger partial charge >= 0.3 is 18.9 Å². The van der Waals surface area contributed by atoms with Gasteiger partial charge in [0.25, 0.3) is 0 Å². The zero-order valence-corrected chi connectivity index (χ0v) is 7.74. The second kappa shape index (κ2) is 5.11. The van der Waals surface area contributed by atoms with Gasteiger partial charge < -0.3 is 15.2 Å². The van der Waals surface area contributed by atoms with E-state index in [-0.39, 0.29) is 37.1 Å². The summed E-state index contributed by atoms with van der Waals surface area (Å²) in [7, 11) is 0. The quantitative estimate of drug-likeness (QED) is 0.270. The molecule has 0 aromatic rings. The van der Waals surface area contributed by atoms with Gasteiger partial charge in [-0.3, -0.25) is 0 Å². The molecule has 70 valence electrons. The van der Waals surface area contributed by atoms with Crippen LogP contribution in [-0.4, -0.2) is 42.0 Å². The Kier molecular flexibility index (Phi) is 5.16. The summed E-state index contributed by atoms with van der Waals surface area (Å²) >= 11 is 0. The third-order valence-corrected chi connectivity index (χ3v) is 2.54. The maximum Gasteiger partial charge on any atom is 1.00 e. The maximum atomic E-state index is 11.9. The molecule has 1 unspecified atom stereocenters. The topological polar surface area (TPSA) is 50.1 Å². The van der Waals surface area contributed by atoms with Crippen LogP contribution < -0.4 is 18.9 Å². The molecule has 1 N–H and O–H groups in total. The van der Waals surface area contributed by atoms with Crippen LogP contribution in [0.25, 0.3) is 0 Å². The van der Waals surface area contributed by atoms with Crippen molar-refractivity contribution < 1.29 is 33.5 Å². The fourth-order valence-electron chi connectivity index (χ4n) is 1.79. The Morgan fingerprint density at radius 2 is 2.08 bits per heavy atom. The molecule has 0 amide bonds. The van der Waals surface area contributed by atoms with Gasteiger partial charge in [0, 0.05) is 12.6 Å². The van der Waals surface area contributed by atoms with E-state index >= 15 is 0 Å². The summed E-state index contributed by atoms with van der Waals surface area (Å²) in [6, 6.07) is 0.279. The van der Waals surface area contributed by atoms with Gasteiger partial charge in [-0.1, -0.05) is 6.04 Å². The van der Waals surface area contributed by atoms with E-state index in [1.54, 1.807) is 0 Å². The summed E-state index contributed by atoms with van der Waals surface area (Å²) in [5.74, 6) is 0.674. The number of rotatable bonds is 4. The van der Waals surface area contributed by atoms with Gasteiger partial charge in [-0.2, -0.15) is 0 Å². The Morgan fingerprint density at radius 3 is 2.46 bits per heavy atom. The largest absolute Gasteiger partial charge is 1.00 e. The van der Waals surface area contributed by atoms with E-state index in [2.05, 4.69) is 0 Å². The number of hydrogen-bond donors (Lipinski definition) is 0. The van der Waals surface area contributed by atoms with Crippen LogP contribution in [0, 0.1) is 5.92 Å². The Balaban J connectivity index is 0.000000720. The van der Waals surface area contributed by atoms with E-state index in [1.165, 1.54) is 12.8 Å². The second-order valence-electron chi connectivity index (χ2n) is 3.32. The average molecular weight is 180 g/mol. The van der Waals surface area contributed by atoms with Gasteiger partial charge in [0.2, 0.25) is 0 Å². The first-order chi connectivity index (χ1) is 5.38. The molecule has 1 aliphatic heterocycles. The summed E-state index contributed by atoms with van der Waals surface area (Å²) in [6.07, 6.45) is 4.38. The maximum absolute atomic E-state index is 11.9. The molecule has 1 heterocycles. The van der Waals surface area contributed by atoms with Crippen molar-refractivity contribution >= 4 is 6.29 Å². The first-order valence-corrected chi connectivity index (χ1v) is 4.08. The SMILES string of the molecule is O=[C-][C@H]1[C@@H](C2CC2)N1CCF.[Li+].[OH-]. The number of alkyl halides is 1. The normalized spacial score (nSPS) is 35.6. The van der Waals surface area contributed by atoms with Gasteiger partial charge in [0.1, 0.15) is 6.67 Å². The van der Waals surface area contributed by atoms with Crippen molar-refractivity contribution in [1.29, 1.82) is 0 Å². The summed E-state index contributed by atoms with van der Waals surface area (Å²) in [6.45, 7) is 0.0719. The van der Waals surface area contributed by atoms with Crippen molar-refractivity contribution in [2.45, 2.75) is 24.9 Å². The third kappa shape index (κ3) is 2.54. The first kappa shape index (κ1) is 13.1. The van der Waals surface area contributed by atoms with Crippen molar-refractivity contribution in [2.75, 3.05) is 13.2 Å². The predicted octanol–water partition coefficient (Wildman–Crippen LogP) is -2.64. The zero-order valence-electron chi connectivity index (χ0n) is 7.74. The van der Waals surface area contributed by atoms with E-state index in [1.807, 2.05) is 11.2 Å². The van der Waals surface area contributed by atoms with Crippen LogP contribution >= 0.6 is 0 Å². The van der Waals surface area contributed by atoms with Crippen molar-refractivity contribution in [3.05, 3.63) is 0 Å². The minimum Gasteiger partial charge on any atom is -0.870 e. The molecule has 0 bridgehead atoms. The van der Waals surface area contributed by atoms with E-state index in [0.717, 1.165) is 0 Å². The second-order valence-corrected chi connectivity index (χ2v) is 3.32. The Hall–Kier alpha value is 0.117. The van der Waals surface area contributed by atoms with Crippen molar-refractivity contribution in [3.63, 3.8) is 0 Å². The third-order valence-electron chi connectivity index (χ3n) is 2.54. The Morgan fingerprint density at radius 1 is 1.46 bits per heavy atom. The van der Waals surface area contributed by atoms with Crippen LogP contribution in [0.15, 0.2) is 0 Å². The molecule has 0 aromatic carbocycles. The first-order valence-electron chi connectivity index (χ1n) is 4.08. The molecule has 5 heteroatoms. The minimum absolute atomic E-state index is 0. The van der Waals surface area contributed by atoms with Crippen molar-refractivity contribution in [2.24, 2.45) is 5.92 Å². The molecule has 0 aromatic heterocycles. The summed E-state index contributed by atoms with van der Waals surface area (Å²) in [5, 5.41) is 0. The average Bonchev–Trinajstić information content (AvgIpc) is 2.80. The molecular weight excluding hydrogens is 168 g/mol. The van der Waals surface area contributed by atoms with Crippen LogP contribution in [0.4, 0.5) is 4.39 Å². The van der Waals surface area contributed by atoms with Crippen molar-refractivity contribution in [1.82, 2.24) is 4.90 Å². The molecule has 2 fully saturated rings. The molecular formula is C8H12FLiNO2-. The van der Waals surface area contributed by atoms with E-state index in [4.69, 9.17) is 0 Å². The van der Waals surface area contributed by atoms with E-state index in [0.29, 0.717) is 18.5 Å². The fourth-order valence-corrected chi connectivity index (χ4v) is 1.79.